The number of amides is 1. The second kappa shape index (κ2) is 13.3. The number of carbonyl (C=O) groups is 2. The molecule has 0 radical (unpaired) electrons. The number of nitrogens with two attached hydrogens (primary N) is 1. The van der Waals surface area contributed by atoms with Crippen LogP contribution in [0.15, 0.2) is 35.8 Å². The lowest BCUT2D eigenvalue weighted by Crippen LogP contribution is -2.48. The van der Waals surface area contributed by atoms with Crippen molar-refractivity contribution in [1.82, 2.24) is 24.9 Å². The van der Waals surface area contributed by atoms with Crippen molar-refractivity contribution < 1.29 is 27.7 Å². The molecular weight excluding hydrogens is 580 g/mol. The van der Waals surface area contributed by atoms with Crippen LogP contribution in [0.1, 0.15) is 70.9 Å². The van der Waals surface area contributed by atoms with E-state index in [0.717, 1.165) is 55.6 Å². The maximum absolute atomic E-state index is 14.4. The molecule has 244 valence electrons. The van der Waals surface area contributed by atoms with Gasteiger partial charge in [-0.2, -0.15) is 5.10 Å². The molecule has 3 aliphatic rings. The predicted molar refractivity (Wildman–Crippen MR) is 168 cm³/mol. The van der Waals surface area contributed by atoms with Crippen LogP contribution in [0, 0.1) is 0 Å². The molecule has 0 unspecified atom stereocenters. The van der Waals surface area contributed by atoms with E-state index in [1.165, 1.54) is 0 Å². The summed E-state index contributed by atoms with van der Waals surface area (Å²) in [7, 11) is 1.77. The molecule has 0 bridgehead atoms. The third-order valence-electron chi connectivity index (χ3n) is 8.75. The Balaban J connectivity index is 1.43. The van der Waals surface area contributed by atoms with Gasteiger partial charge in [0.25, 0.3) is 12.3 Å². The lowest BCUT2D eigenvalue weighted by molar-refractivity contribution is -0.447. The second-order valence-electron chi connectivity index (χ2n) is 13.3. The number of piperidine rings is 1. The number of benzene rings is 1. The van der Waals surface area contributed by atoms with Crippen molar-refractivity contribution >= 4 is 23.4 Å². The molecule has 1 aromatic carbocycles. The van der Waals surface area contributed by atoms with Crippen LogP contribution < -0.4 is 11.1 Å². The quantitative estimate of drug-likeness (QED) is 0.273. The van der Waals surface area contributed by atoms with Gasteiger partial charge in [-0.15, -0.1) is 0 Å². The Kier molecular flexibility index (Phi) is 9.62. The number of ether oxygens (including phenoxy) is 1. The highest BCUT2D eigenvalue weighted by molar-refractivity contribution is 5.96. The highest BCUT2D eigenvalue weighted by Gasteiger charge is 2.33. The van der Waals surface area contributed by atoms with E-state index < -0.39 is 12.0 Å². The van der Waals surface area contributed by atoms with Gasteiger partial charge in [0.2, 0.25) is 5.91 Å². The van der Waals surface area contributed by atoms with Crippen LogP contribution in [0.25, 0.3) is 11.1 Å². The number of fused-ring (bicyclic) bond motifs is 1. The number of carbonyl (C=O) groups excluding carboxylic acids is 2. The number of amidine groups is 1. The van der Waals surface area contributed by atoms with E-state index in [1.807, 2.05) is 31.4 Å². The number of esters is 1. The molecule has 0 spiro atoms. The molecule has 1 fully saturated rings. The van der Waals surface area contributed by atoms with Crippen LogP contribution in [0.3, 0.4) is 0 Å². The molecule has 1 saturated heterocycles. The zero-order valence-corrected chi connectivity index (χ0v) is 27.0. The van der Waals surface area contributed by atoms with Crippen LogP contribution in [0.5, 0.6) is 0 Å². The van der Waals surface area contributed by atoms with Crippen LogP contribution in [0.2, 0.25) is 0 Å². The van der Waals surface area contributed by atoms with E-state index in [-0.39, 0.29) is 30.0 Å². The molecule has 5 rings (SSSR count). The summed E-state index contributed by atoms with van der Waals surface area (Å²) >= 11 is 0. The third kappa shape index (κ3) is 7.71. The molecule has 0 atom stereocenters. The maximum Gasteiger partial charge on any atom is 0.320 e. The van der Waals surface area contributed by atoms with Gasteiger partial charge in [0.05, 0.1) is 31.4 Å². The molecule has 10 nitrogen and oxygen atoms in total. The summed E-state index contributed by atoms with van der Waals surface area (Å²) in [5.74, 6) is 0.235. The molecular formula is C33H46F2N7O3+. The molecule has 1 amide bonds. The van der Waals surface area contributed by atoms with Crippen molar-refractivity contribution in [2.75, 3.05) is 39.3 Å². The highest BCUT2D eigenvalue weighted by atomic mass is 19.3. The Morgan fingerprint density at radius 1 is 1.18 bits per heavy atom. The fraction of sp³-hybridized carbons (Fsp3) is 0.576. The Morgan fingerprint density at radius 2 is 1.91 bits per heavy atom. The maximum atomic E-state index is 14.4. The summed E-state index contributed by atoms with van der Waals surface area (Å²) < 4.78 is 37.9. The standard InChI is InChI=1S/C33H45F2N7O3/c1-21(43)41-14-10-28(38-24-8-12-40(13-9-24)20-30(44)45-33(2,3)4)27(19-41)32(36)42-11-6-7-22-15-25(23-17-37-39(5)18-23)26(31(34)35)16-29(22)42/h15-18,24,31H,6-14,19-20H2,1-5H3,(H2,36,38)/p+1. The zero-order chi connectivity index (χ0) is 32.5. The van der Waals surface area contributed by atoms with E-state index in [0.29, 0.717) is 48.7 Å². The van der Waals surface area contributed by atoms with Crippen molar-refractivity contribution in [2.45, 2.75) is 77.9 Å². The summed E-state index contributed by atoms with van der Waals surface area (Å²) in [6.45, 7) is 10.5. The van der Waals surface area contributed by atoms with Gasteiger partial charge < -0.3 is 15.0 Å². The third-order valence-corrected chi connectivity index (χ3v) is 8.75. The van der Waals surface area contributed by atoms with Crippen molar-refractivity contribution in [3.05, 3.63) is 46.9 Å². The van der Waals surface area contributed by atoms with E-state index in [2.05, 4.69) is 15.3 Å². The first-order valence-corrected chi connectivity index (χ1v) is 15.8. The molecule has 0 saturated carbocycles. The summed E-state index contributed by atoms with van der Waals surface area (Å²) in [6, 6.07) is 3.62. The minimum atomic E-state index is -2.67. The lowest BCUT2D eigenvalue weighted by Gasteiger charge is -2.36. The molecule has 0 aliphatic carbocycles. The van der Waals surface area contributed by atoms with Gasteiger partial charge >= 0.3 is 5.97 Å². The summed E-state index contributed by atoms with van der Waals surface area (Å²) in [5.41, 5.74) is 11.0. The number of aromatic nitrogens is 2. The van der Waals surface area contributed by atoms with E-state index >= 15 is 0 Å². The van der Waals surface area contributed by atoms with Crippen LogP contribution in [-0.4, -0.2) is 92.8 Å². The Labute approximate surface area is 263 Å². The number of alkyl halides is 2. The van der Waals surface area contributed by atoms with Gasteiger partial charge in [0.15, 0.2) is 0 Å². The van der Waals surface area contributed by atoms with E-state index in [4.69, 9.17) is 10.5 Å². The molecule has 3 aliphatic heterocycles. The Morgan fingerprint density at radius 3 is 2.53 bits per heavy atom. The number of hydrogen-bond acceptors (Lipinski definition) is 6. The SMILES string of the molecule is CC(=O)N1CCC(NC2CCN(CC(=O)OC(C)(C)C)CC2)=C(C(N)=[N+]2CCCc3cc(-c4cnn(C)c4)c(C(F)F)cc32)C1. The fourth-order valence-corrected chi connectivity index (χ4v) is 6.52. The first-order valence-electron chi connectivity index (χ1n) is 15.8. The molecule has 1 aromatic heterocycles. The van der Waals surface area contributed by atoms with Gasteiger partial charge in [-0.3, -0.25) is 24.9 Å². The smallest absolute Gasteiger partial charge is 0.320 e. The van der Waals surface area contributed by atoms with Gasteiger partial charge in [-0.1, -0.05) is 0 Å². The number of likely N-dealkylation sites (tertiary alicyclic amines) is 1. The van der Waals surface area contributed by atoms with Crippen molar-refractivity contribution in [3.8, 4) is 11.1 Å². The van der Waals surface area contributed by atoms with E-state index in [1.54, 1.807) is 42.0 Å². The minimum Gasteiger partial charge on any atom is -0.459 e. The topological polar surface area (TPSA) is 109 Å². The Bertz CT molecular complexity index is 1500. The molecule has 45 heavy (non-hydrogen) atoms. The molecule has 2 aromatic rings. The first kappa shape index (κ1) is 32.6. The van der Waals surface area contributed by atoms with Crippen LogP contribution in [0.4, 0.5) is 14.5 Å². The summed E-state index contributed by atoms with van der Waals surface area (Å²) in [6.07, 6.45) is 4.57. The van der Waals surface area contributed by atoms with Crippen molar-refractivity contribution in [2.24, 2.45) is 12.8 Å². The number of halogens is 2. The average Bonchev–Trinajstić information content (AvgIpc) is 3.41. The van der Waals surface area contributed by atoms with E-state index in [9.17, 15) is 18.4 Å². The van der Waals surface area contributed by atoms with Crippen LogP contribution >= 0.6 is 0 Å². The van der Waals surface area contributed by atoms with Gasteiger partial charge in [-0.05, 0) is 69.7 Å². The normalized spacial score (nSPS) is 19.5. The summed E-state index contributed by atoms with van der Waals surface area (Å²) in [4.78, 5) is 28.7. The highest BCUT2D eigenvalue weighted by Crippen LogP contribution is 2.38. The monoisotopic (exact) mass is 626 g/mol. The predicted octanol–water partition coefficient (Wildman–Crippen LogP) is 3.87. The largest absolute Gasteiger partial charge is 0.459 e. The Hall–Kier alpha value is -3.80. The summed E-state index contributed by atoms with van der Waals surface area (Å²) in [5, 5.41) is 7.91. The van der Waals surface area contributed by atoms with Crippen LogP contribution in [-0.2, 0) is 27.8 Å². The van der Waals surface area contributed by atoms with Gasteiger partial charge in [0, 0.05) is 69.1 Å². The molecule has 3 N–H and O–H groups in total. The number of nitrogens with zero attached hydrogens (tertiary/aromatic N) is 5. The molecule has 12 heteroatoms. The number of nitrogens with one attached hydrogen (secondary N) is 1. The first-order chi connectivity index (χ1) is 21.3. The van der Waals surface area contributed by atoms with Gasteiger partial charge in [-0.25, -0.2) is 13.4 Å². The number of aryl methyl sites for hydroxylation is 2. The average molecular weight is 627 g/mol. The number of rotatable bonds is 7. The fourth-order valence-electron chi connectivity index (χ4n) is 6.52. The molecule has 4 heterocycles. The zero-order valence-electron chi connectivity index (χ0n) is 27.0. The van der Waals surface area contributed by atoms with Crippen molar-refractivity contribution in [1.29, 1.82) is 0 Å². The lowest BCUT2D eigenvalue weighted by atomic mass is 9.93. The minimum absolute atomic E-state index is 0.0325. The van der Waals surface area contributed by atoms with Gasteiger partial charge in [0.1, 0.15) is 11.3 Å². The second-order valence-corrected chi connectivity index (χ2v) is 13.3. The van der Waals surface area contributed by atoms with Crippen molar-refractivity contribution in [3.63, 3.8) is 0 Å². The number of hydrogen-bond donors (Lipinski definition) is 2.